The van der Waals surface area contributed by atoms with Crippen molar-refractivity contribution in [1.29, 1.82) is 0 Å². The molecule has 45 heavy (non-hydrogen) atoms. The number of fused-ring (bicyclic) bond motifs is 7. The summed E-state index contributed by atoms with van der Waals surface area (Å²) in [5, 5.41) is 8.42. The number of hydrogen-bond acceptors (Lipinski definition) is 3. The van der Waals surface area contributed by atoms with Crippen LogP contribution in [0.1, 0.15) is 0 Å². The van der Waals surface area contributed by atoms with Crippen molar-refractivity contribution in [2.75, 3.05) is 0 Å². The predicted octanol–water partition coefficient (Wildman–Crippen LogP) is 11.2. The third kappa shape index (κ3) is 4.08. The van der Waals surface area contributed by atoms with E-state index in [1.54, 1.807) is 0 Å². The Bertz CT molecular complexity index is 2270. The number of hydrogen-bond donors (Lipinski definition) is 1. The zero-order chi connectivity index (χ0) is 30.1. The Morgan fingerprint density at radius 3 is 1.07 bits per heavy atom. The molecule has 1 aliphatic rings. The molecular formula is C40H25O4P. The Kier molecular flexibility index (Phi) is 5.67. The molecule has 0 bridgehead atoms. The van der Waals surface area contributed by atoms with Crippen LogP contribution in [0.25, 0.3) is 76.5 Å². The van der Waals surface area contributed by atoms with Crippen LogP contribution in [0.15, 0.2) is 146 Å². The van der Waals surface area contributed by atoms with Crippen LogP contribution < -0.4 is 9.05 Å². The van der Waals surface area contributed by atoms with Gasteiger partial charge in [-0.3, -0.25) is 4.89 Å². The molecule has 8 aromatic rings. The second-order valence-electron chi connectivity index (χ2n) is 11.4. The van der Waals surface area contributed by atoms with Gasteiger partial charge >= 0.3 is 7.82 Å². The molecule has 4 nitrogen and oxygen atoms in total. The molecule has 0 spiro atoms. The quantitative estimate of drug-likeness (QED) is 0.158. The number of phosphoric acid groups is 1. The predicted molar refractivity (Wildman–Crippen MR) is 184 cm³/mol. The van der Waals surface area contributed by atoms with Crippen molar-refractivity contribution in [1.82, 2.24) is 0 Å². The molecule has 214 valence electrons. The summed E-state index contributed by atoms with van der Waals surface area (Å²) in [6.45, 7) is 0. The topological polar surface area (TPSA) is 55.8 Å². The van der Waals surface area contributed by atoms with Crippen molar-refractivity contribution >= 4 is 50.9 Å². The normalized spacial score (nSPS) is 13.6. The Balaban J connectivity index is 1.38. The van der Waals surface area contributed by atoms with Crippen LogP contribution in [0.3, 0.4) is 0 Å². The SMILES string of the molecule is O=P1(O)Oc2c(cccc2-c2c3ccccc3cc3ccccc23)-c2cccc(-c3c4ccccc4cc4ccccc34)c2O1. The third-order valence-corrected chi connectivity index (χ3v) is 9.64. The van der Waals surface area contributed by atoms with Crippen molar-refractivity contribution in [3.63, 3.8) is 0 Å². The van der Waals surface area contributed by atoms with Gasteiger partial charge in [-0.2, -0.15) is 0 Å². The monoisotopic (exact) mass is 600 g/mol. The summed E-state index contributed by atoms with van der Waals surface area (Å²) in [5.41, 5.74) is 4.73. The minimum absolute atomic E-state index is 0.323. The van der Waals surface area contributed by atoms with E-state index in [9.17, 15) is 9.46 Å². The minimum atomic E-state index is -4.63. The van der Waals surface area contributed by atoms with Gasteiger partial charge in [-0.05, 0) is 55.2 Å². The molecular weight excluding hydrogens is 575 g/mol. The summed E-state index contributed by atoms with van der Waals surface area (Å²) in [7, 11) is -4.63. The lowest BCUT2D eigenvalue weighted by Gasteiger charge is -2.18. The highest BCUT2D eigenvalue weighted by molar-refractivity contribution is 7.48. The molecule has 0 aliphatic carbocycles. The molecule has 8 aromatic carbocycles. The summed E-state index contributed by atoms with van der Waals surface area (Å²) in [6, 6.07) is 48.9. The summed E-state index contributed by atoms with van der Waals surface area (Å²) in [4.78, 5) is 11.4. The number of para-hydroxylation sites is 2. The number of rotatable bonds is 2. The molecule has 0 fully saturated rings. The van der Waals surface area contributed by atoms with E-state index in [0.717, 1.165) is 65.3 Å². The Hall–Kier alpha value is -5.41. The van der Waals surface area contributed by atoms with Crippen molar-refractivity contribution in [2.45, 2.75) is 0 Å². The van der Waals surface area contributed by atoms with E-state index < -0.39 is 7.82 Å². The molecule has 1 aliphatic heterocycles. The maximum atomic E-state index is 13.9. The first-order valence-electron chi connectivity index (χ1n) is 14.9. The van der Waals surface area contributed by atoms with E-state index in [1.807, 2.05) is 84.9 Å². The molecule has 0 radical (unpaired) electrons. The van der Waals surface area contributed by atoms with Crippen LogP contribution in [-0.2, 0) is 4.57 Å². The molecule has 0 unspecified atom stereocenters. The standard InChI is InChI=1S/C40H25O4P/c41-45(42)43-39-33(19-9-21-35(39)37-29-15-5-1-11-25(29)23-26-12-2-6-16-30(26)37)34-20-10-22-36(40(34)44-45)38-31-17-7-3-13-27(31)24-28-14-4-8-18-32(28)38/h1-24H,(H,41,42). The van der Waals surface area contributed by atoms with Crippen molar-refractivity contribution in [3.05, 3.63) is 146 Å². The average Bonchev–Trinajstić information content (AvgIpc) is 3.18. The lowest BCUT2D eigenvalue weighted by Crippen LogP contribution is -2.00. The van der Waals surface area contributed by atoms with Gasteiger partial charge in [0.2, 0.25) is 0 Å². The fourth-order valence-corrected chi connectivity index (χ4v) is 7.84. The molecule has 0 saturated heterocycles. The molecule has 0 saturated carbocycles. The van der Waals surface area contributed by atoms with Crippen molar-refractivity contribution in [2.24, 2.45) is 0 Å². The van der Waals surface area contributed by atoms with E-state index in [1.165, 1.54) is 0 Å². The van der Waals surface area contributed by atoms with Crippen LogP contribution in [0.2, 0.25) is 0 Å². The van der Waals surface area contributed by atoms with Gasteiger partial charge in [-0.1, -0.05) is 133 Å². The molecule has 0 atom stereocenters. The third-order valence-electron chi connectivity index (χ3n) is 8.81. The summed E-state index contributed by atoms with van der Waals surface area (Å²) >= 11 is 0. The Labute approximate surface area is 259 Å². The van der Waals surface area contributed by atoms with Crippen LogP contribution in [0.4, 0.5) is 0 Å². The zero-order valence-corrected chi connectivity index (χ0v) is 24.9. The maximum Gasteiger partial charge on any atom is 0.584 e. The first kappa shape index (κ1) is 26.0. The zero-order valence-electron chi connectivity index (χ0n) is 24.0. The molecule has 0 aromatic heterocycles. The van der Waals surface area contributed by atoms with Crippen LogP contribution in [0.5, 0.6) is 11.5 Å². The fourth-order valence-electron chi connectivity index (χ4n) is 6.95. The van der Waals surface area contributed by atoms with E-state index >= 15 is 0 Å². The van der Waals surface area contributed by atoms with E-state index in [2.05, 4.69) is 60.7 Å². The summed E-state index contributed by atoms with van der Waals surface area (Å²) in [5.74, 6) is 0.645. The number of phosphoric ester groups is 1. The highest BCUT2D eigenvalue weighted by atomic mass is 31.2. The summed E-state index contributed by atoms with van der Waals surface area (Å²) in [6.07, 6.45) is 0. The van der Waals surface area contributed by atoms with Gasteiger partial charge in [0.05, 0.1) is 0 Å². The molecule has 1 N–H and O–H groups in total. The van der Waals surface area contributed by atoms with Gasteiger partial charge in [0.15, 0.2) is 0 Å². The lowest BCUT2D eigenvalue weighted by atomic mass is 9.87. The average molecular weight is 601 g/mol. The fraction of sp³-hybridized carbons (Fsp3) is 0. The van der Waals surface area contributed by atoms with Gasteiger partial charge in [-0.25, -0.2) is 4.57 Å². The maximum absolute atomic E-state index is 13.9. The van der Waals surface area contributed by atoms with Gasteiger partial charge in [0, 0.05) is 33.4 Å². The van der Waals surface area contributed by atoms with Crippen LogP contribution in [-0.4, -0.2) is 4.89 Å². The second-order valence-corrected chi connectivity index (χ2v) is 12.7. The highest BCUT2D eigenvalue weighted by Gasteiger charge is 2.36. The smallest absolute Gasteiger partial charge is 0.394 e. The summed E-state index contributed by atoms with van der Waals surface area (Å²) < 4.78 is 26.0. The molecule has 5 heteroatoms. The van der Waals surface area contributed by atoms with Gasteiger partial charge in [0.1, 0.15) is 11.5 Å². The molecule has 0 amide bonds. The second kappa shape index (κ2) is 9.80. The van der Waals surface area contributed by atoms with Gasteiger partial charge in [0.25, 0.3) is 0 Å². The lowest BCUT2D eigenvalue weighted by molar-refractivity contribution is 0.295. The van der Waals surface area contributed by atoms with Crippen LogP contribution in [0, 0.1) is 0 Å². The van der Waals surface area contributed by atoms with Crippen molar-refractivity contribution in [3.8, 4) is 44.9 Å². The highest BCUT2D eigenvalue weighted by Crippen LogP contribution is 2.59. The minimum Gasteiger partial charge on any atom is -0.394 e. The van der Waals surface area contributed by atoms with E-state index in [-0.39, 0.29) is 0 Å². The first-order valence-corrected chi connectivity index (χ1v) is 16.4. The van der Waals surface area contributed by atoms with Crippen molar-refractivity contribution < 1.29 is 18.5 Å². The largest absolute Gasteiger partial charge is 0.584 e. The Morgan fingerprint density at radius 1 is 0.400 bits per heavy atom. The molecule has 1 heterocycles. The Morgan fingerprint density at radius 2 is 0.711 bits per heavy atom. The van der Waals surface area contributed by atoms with E-state index in [4.69, 9.17) is 9.05 Å². The van der Waals surface area contributed by atoms with Crippen LogP contribution >= 0.6 is 7.82 Å². The van der Waals surface area contributed by atoms with Gasteiger partial charge < -0.3 is 9.05 Å². The van der Waals surface area contributed by atoms with Gasteiger partial charge in [-0.15, -0.1) is 0 Å². The van der Waals surface area contributed by atoms with E-state index in [0.29, 0.717) is 22.6 Å². The number of benzene rings is 8. The molecule has 9 rings (SSSR count). The first-order chi connectivity index (χ1) is 22.1.